The van der Waals surface area contributed by atoms with Gasteiger partial charge in [-0.1, -0.05) is 17.7 Å². The van der Waals surface area contributed by atoms with Gasteiger partial charge in [0.1, 0.15) is 0 Å². The summed E-state index contributed by atoms with van der Waals surface area (Å²) in [6, 6.07) is 6.63. The zero-order chi connectivity index (χ0) is 12.0. The Bertz CT molecular complexity index is 432. The molecule has 17 heavy (non-hydrogen) atoms. The SMILES string of the molecule is CC(O)c1ccc(N2CC3CCC2C3)c(Cl)c1. The van der Waals surface area contributed by atoms with Crippen LogP contribution in [0.5, 0.6) is 0 Å². The van der Waals surface area contributed by atoms with Crippen LogP contribution >= 0.6 is 11.6 Å². The van der Waals surface area contributed by atoms with E-state index in [1.165, 1.54) is 19.3 Å². The summed E-state index contributed by atoms with van der Waals surface area (Å²) in [4.78, 5) is 2.45. The second kappa shape index (κ2) is 4.18. The number of hydrogen-bond acceptors (Lipinski definition) is 2. The van der Waals surface area contributed by atoms with Gasteiger partial charge in [-0.05, 0) is 49.8 Å². The number of hydrogen-bond donors (Lipinski definition) is 1. The van der Waals surface area contributed by atoms with Gasteiger partial charge in [0.05, 0.1) is 16.8 Å². The average Bonchev–Trinajstić information content (AvgIpc) is 2.90. The maximum atomic E-state index is 9.54. The molecule has 92 valence electrons. The normalized spacial score (nSPS) is 28.8. The van der Waals surface area contributed by atoms with Crippen molar-refractivity contribution in [3.8, 4) is 0 Å². The fourth-order valence-electron chi connectivity index (χ4n) is 3.24. The van der Waals surface area contributed by atoms with Crippen molar-refractivity contribution in [2.24, 2.45) is 5.92 Å². The summed E-state index contributed by atoms with van der Waals surface area (Å²) in [6.07, 6.45) is 3.56. The molecule has 3 atom stereocenters. The number of rotatable bonds is 2. The third-order valence-electron chi connectivity index (χ3n) is 4.17. The lowest BCUT2D eigenvalue weighted by Gasteiger charge is -2.30. The van der Waals surface area contributed by atoms with E-state index in [1.807, 2.05) is 12.1 Å². The third-order valence-corrected chi connectivity index (χ3v) is 4.48. The molecular weight excluding hydrogens is 234 g/mol. The smallest absolute Gasteiger partial charge is 0.0762 e. The number of halogens is 1. The van der Waals surface area contributed by atoms with Crippen LogP contribution in [0.3, 0.4) is 0 Å². The van der Waals surface area contributed by atoms with Crippen molar-refractivity contribution in [3.05, 3.63) is 28.8 Å². The summed E-state index contributed by atoms with van der Waals surface area (Å²) in [6.45, 7) is 2.92. The maximum absolute atomic E-state index is 9.54. The Hall–Kier alpha value is -0.730. The Balaban J connectivity index is 1.89. The van der Waals surface area contributed by atoms with Crippen LogP contribution in [-0.2, 0) is 0 Å². The minimum absolute atomic E-state index is 0.448. The number of piperidine rings is 1. The fourth-order valence-corrected chi connectivity index (χ4v) is 3.53. The highest BCUT2D eigenvalue weighted by Gasteiger charge is 2.38. The van der Waals surface area contributed by atoms with Crippen LogP contribution in [0.15, 0.2) is 18.2 Å². The molecule has 2 nitrogen and oxygen atoms in total. The van der Waals surface area contributed by atoms with Crippen molar-refractivity contribution < 1.29 is 5.11 Å². The molecule has 1 aliphatic heterocycles. The summed E-state index contributed by atoms with van der Waals surface area (Å²) < 4.78 is 0. The molecule has 0 spiro atoms. The van der Waals surface area contributed by atoms with E-state index in [9.17, 15) is 5.11 Å². The first-order chi connectivity index (χ1) is 8.15. The molecule has 2 bridgehead atoms. The van der Waals surface area contributed by atoms with Gasteiger partial charge in [0, 0.05) is 12.6 Å². The number of benzene rings is 1. The number of aliphatic hydroxyl groups excluding tert-OH is 1. The Labute approximate surface area is 107 Å². The zero-order valence-corrected chi connectivity index (χ0v) is 10.8. The number of aliphatic hydroxyl groups is 1. The molecule has 1 N–H and O–H groups in total. The summed E-state index contributed by atoms with van der Waals surface area (Å²) in [7, 11) is 0. The highest BCUT2D eigenvalue weighted by Crippen LogP contribution is 2.42. The summed E-state index contributed by atoms with van der Waals surface area (Å²) in [5.41, 5.74) is 2.03. The highest BCUT2D eigenvalue weighted by molar-refractivity contribution is 6.33. The average molecular weight is 252 g/mol. The molecule has 0 aromatic heterocycles. The molecule has 0 radical (unpaired) electrons. The molecular formula is C14H18ClNO. The van der Waals surface area contributed by atoms with E-state index in [1.54, 1.807) is 6.92 Å². The van der Waals surface area contributed by atoms with Gasteiger partial charge in [-0.25, -0.2) is 0 Å². The van der Waals surface area contributed by atoms with Gasteiger partial charge < -0.3 is 10.0 Å². The number of nitrogens with zero attached hydrogens (tertiary/aromatic N) is 1. The van der Waals surface area contributed by atoms with Crippen LogP contribution in [0.1, 0.15) is 37.9 Å². The second-order valence-corrected chi connectivity index (χ2v) is 5.78. The van der Waals surface area contributed by atoms with Crippen LogP contribution in [0.25, 0.3) is 0 Å². The highest BCUT2D eigenvalue weighted by atomic mass is 35.5. The lowest BCUT2D eigenvalue weighted by molar-refractivity contribution is 0.199. The van der Waals surface area contributed by atoms with E-state index in [4.69, 9.17) is 11.6 Å². The lowest BCUT2D eigenvalue weighted by atomic mass is 10.1. The molecule has 1 heterocycles. The van der Waals surface area contributed by atoms with Crippen molar-refractivity contribution >= 4 is 17.3 Å². The monoisotopic (exact) mass is 251 g/mol. The van der Waals surface area contributed by atoms with Crippen LogP contribution in [0, 0.1) is 5.92 Å². The minimum Gasteiger partial charge on any atom is -0.389 e. The van der Waals surface area contributed by atoms with Crippen molar-refractivity contribution in [3.63, 3.8) is 0 Å². The van der Waals surface area contributed by atoms with Gasteiger partial charge in [0.15, 0.2) is 0 Å². The first-order valence-corrected chi connectivity index (χ1v) is 6.77. The Morgan fingerprint density at radius 1 is 1.41 bits per heavy atom. The van der Waals surface area contributed by atoms with Crippen molar-refractivity contribution in [2.75, 3.05) is 11.4 Å². The number of fused-ring (bicyclic) bond motifs is 2. The number of anilines is 1. The third kappa shape index (κ3) is 1.94. The van der Waals surface area contributed by atoms with E-state index in [2.05, 4.69) is 11.0 Å². The van der Waals surface area contributed by atoms with E-state index in [0.717, 1.165) is 28.7 Å². The maximum Gasteiger partial charge on any atom is 0.0762 e. The molecule has 1 saturated carbocycles. The van der Waals surface area contributed by atoms with Gasteiger partial charge in [0.25, 0.3) is 0 Å². The van der Waals surface area contributed by atoms with Crippen LogP contribution in [0.4, 0.5) is 5.69 Å². The lowest BCUT2D eigenvalue weighted by Crippen LogP contribution is -2.32. The second-order valence-electron chi connectivity index (χ2n) is 5.37. The predicted molar refractivity (Wildman–Crippen MR) is 70.6 cm³/mol. The topological polar surface area (TPSA) is 23.5 Å². The summed E-state index contributed by atoms with van der Waals surface area (Å²) >= 11 is 6.34. The molecule has 1 aromatic rings. The molecule has 1 aromatic carbocycles. The molecule has 0 amide bonds. The Morgan fingerprint density at radius 2 is 2.24 bits per heavy atom. The summed E-state index contributed by atoms with van der Waals surface area (Å²) in [5.74, 6) is 0.868. The Kier molecular flexibility index (Phi) is 2.80. The van der Waals surface area contributed by atoms with Gasteiger partial charge in [-0.2, -0.15) is 0 Å². The van der Waals surface area contributed by atoms with Crippen molar-refractivity contribution in [1.82, 2.24) is 0 Å². The van der Waals surface area contributed by atoms with Gasteiger partial charge >= 0.3 is 0 Å². The first kappa shape index (κ1) is 11.4. The summed E-state index contributed by atoms with van der Waals surface area (Å²) in [5, 5.41) is 10.3. The Morgan fingerprint density at radius 3 is 2.76 bits per heavy atom. The molecule has 3 rings (SSSR count). The van der Waals surface area contributed by atoms with Crippen LogP contribution in [-0.4, -0.2) is 17.7 Å². The van der Waals surface area contributed by atoms with Crippen molar-refractivity contribution in [2.45, 2.75) is 38.3 Å². The molecule has 1 aliphatic carbocycles. The van der Waals surface area contributed by atoms with Crippen molar-refractivity contribution in [1.29, 1.82) is 0 Å². The van der Waals surface area contributed by atoms with Gasteiger partial charge in [0.2, 0.25) is 0 Å². The van der Waals surface area contributed by atoms with Gasteiger partial charge in [-0.15, -0.1) is 0 Å². The molecule has 3 heteroatoms. The zero-order valence-electron chi connectivity index (χ0n) is 10.1. The minimum atomic E-state index is -0.448. The van der Waals surface area contributed by atoms with Gasteiger partial charge in [-0.3, -0.25) is 0 Å². The predicted octanol–water partition coefficient (Wildman–Crippen LogP) is 3.38. The molecule has 3 unspecified atom stereocenters. The largest absolute Gasteiger partial charge is 0.389 e. The molecule has 2 aliphatic rings. The van der Waals surface area contributed by atoms with E-state index >= 15 is 0 Å². The van der Waals surface area contributed by atoms with E-state index in [0.29, 0.717) is 6.04 Å². The fraction of sp³-hybridized carbons (Fsp3) is 0.571. The standard InChI is InChI=1S/C14H18ClNO/c1-9(17)11-3-5-14(13(15)7-11)16-8-10-2-4-12(16)6-10/h3,5,7,9-10,12,17H,2,4,6,8H2,1H3. The van der Waals surface area contributed by atoms with Crippen LogP contribution in [0.2, 0.25) is 5.02 Å². The quantitative estimate of drug-likeness (QED) is 0.871. The van der Waals surface area contributed by atoms with E-state index < -0.39 is 6.10 Å². The first-order valence-electron chi connectivity index (χ1n) is 6.39. The molecule has 2 fully saturated rings. The van der Waals surface area contributed by atoms with E-state index in [-0.39, 0.29) is 0 Å². The molecule has 1 saturated heterocycles. The van der Waals surface area contributed by atoms with Crippen LogP contribution < -0.4 is 4.90 Å².